The van der Waals surface area contributed by atoms with E-state index in [1.54, 1.807) is 21.3 Å². The molecule has 2 rings (SSSR count). The molecular weight excluding hydrogens is 378 g/mol. The molecule has 0 aliphatic rings. The van der Waals surface area contributed by atoms with E-state index in [9.17, 15) is 0 Å². The van der Waals surface area contributed by atoms with Crippen molar-refractivity contribution < 1.29 is 14.2 Å². The van der Waals surface area contributed by atoms with Gasteiger partial charge in [-0.3, -0.25) is 0 Å². The van der Waals surface area contributed by atoms with Crippen molar-refractivity contribution in [2.45, 2.75) is 13.1 Å². The molecule has 0 aliphatic heterocycles. The molecule has 0 saturated carbocycles. The lowest BCUT2D eigenvalue weighted by Gasteiger charge is -2.16. The second kappa shape index (κ2) is 14.1. The fourth-order valence-electron chi connectivity index (χ4n) is 2.83. The Hall–Kier alpha value is -1.99. The van der Waals surface area contributed by atoms with Gasteiger partial charge in [-0.15, -0.1) is 12.4 Å². The Morgan fingerprint density at radius 2 is 1.25 bits per heavy atom. The monoisotopic (exact) mass is 409 g/mol. The topological polar surface area (TPSA) is 63.8 Å². The summed E-state index contributed by atoms with van der Waals surface area (Å²) in [7, 11) is 4.88. The molecule has 0 spiro atoms. The Bertz CT molecular complexity index is 671. The first kappa shape index (κ1) is 24.0. The number of nitrogens with one attached hydrogen (secondary N) is 3. The molecule has 0 bridgehead atoms. The molecule has 7 heteroatoms. The first-order chi connectivity index (χ1) is 13.3. The Kier molecular flexibility index (Phi) is 12.1. The van der Waals surface area contributed by atoms with E-state index in [0.29, 0.717) is 23.8 Å². The average molecular weight is 410 g/mol. The predicted molar refractivity (Wildman–Crippen MR) is 116 cm³/mol. The quantitative estimate of drug-likeness (QED) is 0.442. The molecule has 156 valence electrons. The largest absolute Gasteiger partial charge is 0.493 e. The van der Waals surface area contributed by atoms with Gasteiger partial charge in [0.1, 0.15) is 0 Å². The zero-order chi connectivity index (χ0) is 19.3. The lowest BCUT2D eigenvalue weighted by molar-refractivity contribution is 0.321. The van der Waals surface area contributed by atoms with Crippen molar-refractivity contribution in [2.75, 3.05) is 47.5 Å². The van der Waals surface area contributed by atoms with Crippen LogP contribution in [0.25, 0.3) is 0 Å². The maximum atomic E-state index is 5.50. The molecule has 0 unspecified atom stereocenters. The van der Waals surface area contributed by atoms with Crippen LogP contribution >= 0.6 is 12.4 Å². The number of benzene rings is 2. The van der Waals surface area contributed by atoms with E-state index in [0.717, 1.165) is 38.3 Å². The highest BCUT2D eigenvalue weighted by molar-refractivity contribution is 5.85. The molecule has 28 heavy (non-hydrogen) atoms. The molecule has 6 nitrogen and oxygen atoms in total. The van der Waals surface area contributed by atoms with E-state index in [1.165, 1.54) is 5.56 Å². The van der Waals surface area contributed by atoms with Gasteiger partial charge < -0.3 is 30.2 Å². The summed E-state index contributed by atoms with van der Waals surface area (Å²) in [4.78, 5) is 0. The zero-order valence-electron chi connectivity index (χ0n) is 16.9. The van der Waals surface area contributed by atoms with Crippen LogP contribution < -0.4 is 30.2 Å². The van der Waals surface area contributed by atoms with Crippen molar-refractivity contribution in [3.63, 3.8) is 0 Å². The van der Waals surface area contributed by atoms with Crippen LogP contribution in [0.5, 0.6) is 17.2 Å². The van der Waals surface area contributed by atoms with Crippen molar-refractivity contribution in [2.24, 2.45) is 0 Å². The highest BCUT2D eigenvalue weighted by atomic mass is 35.5. The van der Waals surface area contributed by atoms with Gasteiger partial charge in [0.15, 0.2) is 11.5 Å². The maximum absolute atomic E-state index is 5.50. The summed E-state index contributed by atoms with van der Waals surface area (Å²) in [6.07, 6.45) is 0. The first-order valence-electron chi connectivity index (χ1n) is 9.24. The van der Waals surface area contributed by atoms with Crippen LogP contribution in [-0.2, 0) is 13.1 Å². The second-order valence-electron chi connectivity index (χ2n) is 6.08. The minimum absolute atomic E-state index is 0. The van der Waals surface area contributed by atoms with Gasteiger partial charge in [0, 0.05) is 44.8 Å². The Balaban J connectivity index is 0.00000392. The van der Waals surface area contributed by atoms with Gasteiger partial charge in [0.2, 0.25) is 5.75 Å². The molecule has 0 atom stereocenters. The molecule has 2 aromatic rings. The minimum atomic E-state index is 0. The van der Waals surface area contributed by atoms with Gasteiger partial charge in [0.25, 0.3) is 0 Å². The molecule has 0 amide bonds. The third-order valence-electron chi connectivity index (χ3n) is 4.23. The van der Waals surface area contributed by atoms with E-state index in [2.05, 4.69) is 40.2 Å². The van der Waals surface area contributed by atoms with E-state index < -0.39 is 0 Å². The molecule has 0 saturated heterocycles. The summed E-state index contributed by atoms with van der Waals surface area (Å²) < 4.78 is 16.2. The number of ether oxygens (including phenoxy) is 3. The molecule has 0 aromatic heterocycles. The smallest absolute Gasteiger partial charge is 0.203 e. The summed E-state index contributed by atoms with van der Waals surface area (Å²) in [6.45, 7) is 5.27. The lowest BCUT2D eigenvalue weighted by atomic mass is 10.1. The van der Waals surface area contributed by atoms with Gasteiger partial charge >= 0.3 is 0 Å². The third kappa shape index (κ3) is 7.56. The van der Waals surface area contributed by atoms with Crippen molar-refractivity contribution >= 4 is 12.4 Å². The zero-order valence-corrected chi connectivity index (χ0v) is 17.7. The van der Waals surface area contributed by atoms with Gasteiger partial charge in [-0.2, -0.15) is 0 Å². The van der Waals surface area contributed by atoms with Crippen molar-refractivity contribution in [1.82, 2.24) is 16.0 Å². The molecule has 0 radical (unpaired) electrons. The number of hydrogen-bond donors (Lipinski definition) is 3. The third-order valence-corrected chi connectivity index (χ3v) is 4.23. The predicted octanol–water partition coefficient (Wildman–Crippen LogP) is 2.60. The molecular formula is C21H32ClN3O3. The molecule has 0 fully saturated rings. The number of rotatable bonds is 13. The van der Waals surface area contributed by atoms with Crippen LogP contribution in [-0.4, -0.2) is 47.5 Å². The fraction of sp³-hybridized carbons (Fsp3) is 0.429. The van der Waals surface area contributed by atoms with Gasteiger partial charge in [0.05, 0.1) is 21.3 Å². The second-order valence-corrected chi connectivity index (χ2v) is 6.08. The minimum Gasteiger partial charge on any atom is -0.493 e. The van der Waals surface area contributed by atoms with Gasteiger partial charge in [-0.05, 0) is 11.6 Å². The first-order valence-corrected chi connectivity index (χ1v) is 9.24. The summed E-state index contributed by atoms with van der Waals surface area (Å²) in [5.41, 5.74) is 2.35. The fourth-order valence-corrected chi connectivity index (χ4v) is 2.83. The van der Waals surface area contributed by atoms with Gasteiger partial charge in [-0.1, -0.05) is 36.4 Å². The van der Waals surface area contributed by atoms with E-state index >= 15 is 0 Å². The highest BCUT2D eigenvalue weighted by Crippen LogP contribution is 2.39. The molecule has 0 aliphatic carbocycles. The SMILES string of the molecule is COc1ccc(CNCCNCCNCc2ccccc2)c(OC)c1OC.Cl. The van der Waals surface area contributed by atoms with Crippen LogP contribution in [0.4, 0.5) is 0 Å². The normalized spacial score (nSPS) is 10.2. The Labute approximate surface area is 174 Å². The van der Waals surface area contributed by atoms with Crippen molar-refractivity contribution in [1.29, 1.82) is 0 Å². The van der Waals surface area contributed by atoms with Crippen molar-refractivity contribution in [3.05, 3.63) is 53.6 Å². The average Bonchev–Trinajstić information content (AvgIpc) is 2.72. The van der Waals surface area contributed by atoms with Crippen LogP contribution in [0.3, 0.4) is 0 Å². The van der Waals surface area contributed by atoms with Crippen LogP contribution in [0, 0.1) is 0 Å². The van der Waals surface area contributed by atoms with Crippen molar-refractivity contribution in [3.8, 4) is 17.2 Å². The number of hydrogen-bond acceptors (Lipinski definition) is 6. The van der Waals surface area contributed by atoms with E-state index in [4.69, 9.17) is 14.2 Å². The molecule has 3 N–H and O–H groups in total. The highest BCUT2D eigenvalue weighted by Gasteiger charge is 2.15. The Morgan fingerprint density at radius 1 is 0.643 bits per heavy atom. The van der Waals surface area contributed by atoms with Crippen LogP contribution in [0.2, 0.25) is 0 Å². The standard InChI is InChI=1S/C21H31N3O3.ClH/c1-25-19-10-9-18(20(26-2)21(19)27-3)16-24-14-12-22-11-13-23-15-17-7-5-4-6-8-17;/h4-10,22-24H,11-16H2,1-3H3;1H. The van der Waals surface area contributed by atoms with E-state index in [-0.39, 0.29) is 12.4 Å². The Morgan fingerprint density at radius 3 is 1.86 bits per heavy atom. The van der Waals surface area contributed by atoms with Crippen LogP contribution in [0.1, 0.15) is 11.1 Å². The number of methoxy groups -OCH3 is 3. The van der Waals surface area contributed by atoms with Crippen LogP contribution in [0.15, 0.2) is 42.5 Å². The summed E-state index contributed by atoms with van der Waals surface area (Å²) in [5, 5.41) is 10.3. The maximum Gasteiger partial charge on any atom is 0.203 e. The van der Waals surface area contributed by atoms with E-state index in [1.807, 2.05) is 18.2 Å². The lowest BCUT2D eigenvalue weighted by Crippen LogP contribution is -2.32. The summed E-state index contributed by atoms with van der Waals surface area (Å²) in [6, 6.07) is 14.3. The number of halogens is 1. The summed E-state index contributed by atoms with van der Waals surface area (Å²) >= 11 is 0. The van der Waals surface area contributed by atoms with Gasteiger partial charge in [-0.25, -0.2) is 0 Å². The molecule has 2 aromatic carbocycles. The molecule has 0 heterocycles. The summed E-state index contributed by atoms with van der Waals surface area (Å²) in [5.74, 6) is 2.01.